The van der Waals surface area contributed by atoms with Crippen molar-refractivity contribution in [2.24, 2.45) is 5.41 Å². The molecule has 1 unspecified atom stereocenters. The third kappa shape index (κ3) is 4.68. The lowest BCUT2D eigenvalue weighted by Gasteiger charge is -2.41. The molecule has 1 aromatic carbocycles. The molecule has 0 radical (unpaired) electrons. The summed E-state index contributed by atoms with van der Waals surface area (Å²) in [6, 6.07) is 8.91. The fourth-order valence-corrected chi connectivity index (χ4v) is 4.26. The van der Waals surface area contributed by atoms with Crippen molar-refractivity contribution in [3.63, 3.8) is 0 Å². The maximum absolute atomic E-state index is 13.1. The summed E-state index contributed by atoms with van der Waals surface area (Å²) in [5.41, 5.74) is 1.74. The lowest BCUT2D eigenvalue weighted by atomic mass is 9.90. The van der Waals surface area contributed by atoms with Crippen LogP contribution in [0.3, 0.4) is 0 Å². The molecule has 2 aromatic heterocycles. The van der Waals surface area contributed by atoms with E-state index in [4.69, 9.17) is 19.2 Å². The number of ether oxygens (including phenoxy) is 3. The minimum atomic E-state index is -0.336. The normalized spacial score (nSPS) is 15.6. The Hall–Kier alpha value is -3.46. The van der Waals surface area contributed by atoms with Gasteiger partial charge in [0.1, 0.15) is 23.9 Å². The minimum Gasteiger partial charge on any atom is -0.497 e. The van der Waals surface area contributed by atoms with Gasteiger partial charge in [0.15, 0.2) is 0 Å². The summed E-state index contributed by atoms with van der Waals surface area (Å²) in [7, 11) is 4.92. The highest BCUT2D eigenvalue weighted by molar-refractivity contribution is 5.55. The lowest BCUT2D eigenvalue weighted by molar-refractivity contribution is 0.101. The van der Waals surface area contributed by atoms with Crippen LogP contribution in [-0.4, -0.2) is 53.9 Å². The van der Waals surface area contributed by atoms with Crippen LogP contribution in [0.2, 0.25) is 0 Å². The second kappa shape index (κ2) is 9.19. The van der Waals surface area contributed by atoms with Crippen LogP contribution in [0.5, 0.6) is 11.5 Å². The van der Waals surface area contributed by atoms with Gasteiger partial charge in [-0.3, -0.25) is 9.36 Å². The van der Waals surface area contributed by atoms with E-state index in [2.05, 4.69) is 28.7 Å². The molecule has 174 valence electrons. The van der Waals surface area contributed by atoms with Crippen molar-refractivity contribution >= 4 is 5.95 Å². The Labute approximate surface area is 193 Å². The topological polar surface area (TPSA) is 91.6 Å². The Morgan fingerprint density at radius 3 is 2.55 bits per heavy atom. The van der Waals surface area contributed by atoms with Gasteiger partial charge >= 0.3 is 0 Å². The number of rotatable bonds is 7. The van der Waals surface area contributed by atoms with Crippen molar-refractivity contribution in [3.05, 3.63) is 58.8 Å². The molecule has 1 aliphatic rings. The summed E-state index contributed by atoms with van der Waals surface area (Å²) in [5, 5.41) is 0. The van der Waals surface area contributed by atoms with Gasteiger partial charge < -0.3 is 19.1 Å². The molecule has 0 bridgehead atoms. The van der Waals surface area contributed by atoms with Crippen LogP contribution in [0.15, 0.2) is 47.7 Å². The predicted octanol–water partition coefficient (Wildman–Crippen LogP) is 2.95. The van der Waals surface area contributed by atoms with Gasteiger partial charge in [0.05, 0.1) is 32.2 Å². The van der Waals surface area contributed by atoms with Gasteiger partial charge in [0.25, 0.3) is 5.56 Å². The zero-order valence-electron chi connectivity index (χ0n) is 19.6. The van der Waals surface area contributed by atoms with Crippen LogP contribution in [0.25, 0.3) is 11.4 Å². The van der Waals surface area contributed by atoms with Crippen molar-refractivity contribution in [2.45, 2.75) is 26.5 Å². The molecule has 1 aliphatic heterocycles. The number of aromatic nitrogens is 4. The third-order valence-corrected chi connectivity index (χ3v) is 5.77. The lowest BCUT2D eigenvalue weighted by Crippen LogP contribution is -2.48. The maximum atomic E-state index is 13.1. The van der Waals surface area contributed by atoms with Gasteiger partial charge in [-0.05, 0) is 24.3 Å². The van der Waals surface area contributed by atoms with Crippen molar-refractivity contribution < 1.29 is 14.2 Å². The number of methoxy groups -OCH3 is 3. The molecule has 3 heterocycles. The van der Waals surface area contributed by atoms with Crippen molar-refractivity contribution in [1.29, 1.82) is 0 Å². The number of hydrogen-bond acceptors (Lipinski definition) is 8. The molecule has 33 heavy (non-hydrogen) atoms. The van der Waals surface area contributed by atoms with E-state index in [0.717, 1.165) is 5.56 Å². The van der Waals surface area contributed by atoms with E-state index < -0.39 is 0 Å². The summed E-state index contributed by atoms with van der Waals surface area (Å²) < 4.78 is 18.6. The van der Waals surface area contributed by atoms with E-state index in [-0.39, 0.29) is 17.1 Å². The van der Waals surface area contributed by atoms with Crippen LogP contribution in [-0.2, 0) is 11.3 Å². The van der Waals surface area contributed by atoms with Gasteiger partial charge in [-0.1, -0.05) is 13.8 Å². The first kappa shape index (κ1) is 22.7. The first-order chi connectivity index (χ1) is 15.8. The summed E-state index contributed by atoms with van der Waals surface area (Å²) in [5.74, 6) is 2.02. The first-order valence-corrected chi connectivity index (χ1v) is 10.7. The highest BCUT2D eigenvalue weighted by Gasteiger charge is 2.34. The number of fused-ring (bicyclic) bond motifs is 1. The molecule has 0 amide bonds. The summed E-state index contributed by atoms with van der Waals surface area (Å²) in [6.45, 7) is 6.04. The molecule has 0 N–H and O–H groups in total. The predicted molar refractivity (Wildman–Crippen MR) is 125 cm³/mol. The maximum Gasteiger partial charge on any atom is 0.255 e. The van der Waals surface area contributed by atoms with Crippen molar-refractivity contribution in [3.8, 4) is 22.9 Å². The van der Waals surface area contributed by atoms with Gasteiger partial charge in [-0.25, -0.2) is 15.0 Å². The van der Waals surface area contributed by atoms with E-state index in [1.54, 1.807) is 38.2 Å². The second-order valence-electron chi connectivity index (χ2n) is 8.84. The average molecular weight is 452 g/mol. The van der Waals surface area contributed by atoms with Crippen LogP contribution < -0.4 is 19.9 Å². The highest BCUT2D eigenvalue weighted by atomic mass is 16.5. The van der Waals surface area contributed by atoms with Crippen LogP contribution >= 0.6 is 0 Å². The van der Waals surface area contributed by atoms with Gasteiger partial charge in [0, 0.05) is 43.4 Å². The monoisotopic (exact) mass is 451 g/mol. The van der Waals surface area contributed by atoms with Gasteiger partial charge in [-0.2, -0.15) is 0 Å². The Morgan fingerprint density at radius 1 is 1.06 bits per heavy atom. The van der Waals surface area contributed by atoms with Crippen molar-refractivity contribution in [2.75, 3.05) is 39.3 Å². The molecule has 9 heteroatoms. The Balaban J connectivity index is 1.77. The average Bonchev–Trinajstić information content (AvgIpc) is 2.82. The number of hydrogen-bond donors (Lipinski definition) is 0. The Morgan fingerprint density at radius 2 is 1.88 bits per heavy atom. The molecule has 9 nitrogen and oxygen atoms in total. The van der Waals surface area contributed by atoms with E-state index >= 15 is 0 Å². The Kier molecular flexibility index (Phi) is 6.33. The van der Waals surface area contributed by atoms with Crippen LogP contribution in [0, 0.1) is 5.41 Å². The minimum absolute atomic E-state index is 0.112. The molecule has 4 rings (SSSR count). The largest absolute Gasteiger partial charge is 0.497 e. The summed E-state index contributed by atoms with van der Waals surface area (Å²) >= 11 is 0. The van der Waals surface area contributed by atoms with Crippen LogP contribution in [0.4, 0.5) is 5.95 Å². The molecular formula is C24H29N5O4. The number of benzene rings is 1. The SMILES string of the molecule is COc1ccc(OC)c(C(CN2CC(C)(C)Cn3c2nc(-c2ccncn2)cc3=O)OC)c1. The standard InChI is InChI=1S/C24H29N5O4/c1-24(2)13-28(12-21(33-5)17-10-16(31-3)6-7-20(17)32-4)23-27-19(11-22(30)29(23)14-24)18-8-9-25-15-26-18/h6-11,15,21H,12-14H2,1-5H3. The van der Waals surface area contributed by atoms with Gasteiger partial charge in [-0.15, -0.1) is 0 Å². The molecule has 0 saturated heterocycles. The second-order valence-corrected chi connectivity index (χ2v) is 8.84. The summed E-state index contributed by atoms with van der Waals surface area (Å²) in [4.78, 5) is 28.2. The van der Waals surface area contributed by atoms with Crippen LogP contribution in [0.1, 0.15) is 25.5 Å². The molecule has 0 aliphatic carbocycles. The smallest absolute Gasteiger partial charge is 0.255 e. The molecule has 0 fully saturated rings. The van der Waals surface area contributed by atoms with E-state index in [1.165, 1.54) is 12.4 Å². The summed E-state index contributed by atoms with van der Waals surface area (Å²) in [6.07, 6.45) is 2.75. The zero-order chi connectivity index (χ0) is 23.6. The highest BCUT2D eigenvalue weighted by Crippen LogP contribution is 2.35. The first-order valence-electron chi connectivity index (χ1n) is 10.7. The molecule has 0 saturated carbocycles. The molecule has 3 aromatic rings. The van der Waals surface area contributed by atoms with Crippen molar-refractivity contribution in [1.82, 2.24) is 19.5 Å². The number of nitrogens with zero attached hydrogens (tertiary/aromatic N) is 5. The third-order valence-electron chi connectivity index (χ3n) is 5.77. The van der Waals surface area contributed by atoms with Gasteiger partial charge in [0.2, 0.25) is 5.95 Å². The molecule has 0 spiro atoms. The van der Waals surface area contributed by atoms with E-state index in [0.29, 0.717) is 48.5 Å². The van der Waals surface area contributed by atoms with E-state index in [9.17, 15) is 4.79 Å². The fourth-order valence-electron chi connectivity index (χ4n) is 4.26. The number of anilines is 1. The molecule has 1 atom stereocenters. The Bertz CT molecular complexity index is 1180. The zero-order valence-corrected chi connectivity index (χ0v) is 19.6. The fraction of sp³-hybridized carbons (Fsp3) is 0.417. The quantitative estimate of drug-likeness (QED) is 0.542. The molecular weight excluding hydrogens is 422 g/mol. The van der Waals surface area contributed by atoms with E-state index in [1.807, 2.05) is 18.2 Å².